The second-order valence-electron chi connectivity index (χ2n) is 4.06. The lowest BCUT2D eigenvalue weighted by atomic mass is 9.87. The Morgan fingerprint density at radius 3 is 2.42 bits per heavy atom. The van der Waals surface area contributed by atoms with E-state index in [1.807, 2.05) is 0 Å². The first-order chi connectivity index (χ1) is 5.48. The normalized spacial score (nSPS) is 12.3. The number of rotatable bonds is 5. The first kappa shape index (κ1) is 11.4. The maximum atomic E-state index is 10.9. The van der Waals surface area contributed by atoms with Gasteiger partial charge in [-0.3, -0.25) is 4.79 Å². The molecule has 12 heavy (non-hydrogen) atoms. The van der Waals surface area contributed by atoms with E-state index in [0.717, 1.165) is 6.42 Å². The Labute approximate surface area is 75.9 Å². The molecule has 0 N–H and O–H groups in total. The van der Waals surface area contributed by atoms with Gasteiger partial charge in [-0.25, -0.2) is 0 Å². The third-order valence-electron chi connectivity index (χ3n) is 1.73. The van der Waals surface area contributed by atoms with Crippen LogP contribution in [-0.4, -0.2) is 5.78 Å². The molecule has 0 fully saturated rings. The van der Waals surface area contributed by atoms with Gasteiger partial charge in [0, 0.05) is 6.42 Å². The van der Waals surface area contributed by atoms with Gasteiger partial charge in [-0.2, -0.15) is 0 Å². The van der Waals surface area contributed by atoms with Crippen LogP contribution in [0.1, 0.15) is 47.0 Å². The van der Waals surface area contributed by atoms with Crippen LogP contribution in [-0.2, 0) is 4.79 Å². The third-order valence-corrected chi connectivity index (χ3v) is 1.73. The van der Waals surface area contributed by atoms with Gasteiger partial charge >= 0.3 is 0 Å². The molecule has 0 atom stereocenters. The molecule has 1 heteroatoms. The number of unbranched alkanes of at least 4 members (excludes halogenated alkanes) is 1. The van der Waals surface area contributed by atoms with Crippen molar-refractivity contribution in [1.82, 2.24) is 0 Å². The number of carbonyl (C=O) groups is 1. The highest BCUT2D eigenvalue weighted by molar-refractivity contribution is 5.76. The third kappa shape index (κ3) is 6.14. The van der Waals surface area contributed by atoms with E-state index in [2.05, 4.69) is 32.9 Å². The molecule has 0 saturated carbocycles. The predicted molar refractivity (Wildman–Crippen MR) is 53.1 cm³/mol. The molecule has 0 saturated heterocycles. The average Bonchev–Trinajstić information content (AvgIpc) is 1.84. The lowest BCUT2D eigenvalue weighted by molar-refractivity contribution is -0.118. The first-order valence-electron chi connectivity index (χ1n) is 4.65. The van der Waals surface area contributed by atoms with Gasteiger partial charge in [0.15, 0.2) is 0 Å². The average molecular weight is 168 g/mol. The van der Waals surface area contributed by atoms with Crippen molar-refractivity contribution in [2.45, 2.75) is 47.0 Å². The smallest absolute Gasteiger partial charge is 0.130 e. The van der Waals surface area contributed by atoms with Crippen molar-refractivity contribution in [3.63, 3.8) is 0 Å². The van der Waals surface area contributed by atoms with E-state index < -0.39 is 0 Å². The van der Waals surface area contributed by atoms with Gasteiger partial charge in [-0.15, -0.1) is 0 Å². The van der Waals surface area contributed by atoms with Crippen LogP contribution < -0.4 is 0 Å². The molecule has 0 rings (SSSR count). The first-order valence-corrected chi connectivity index (χ1v) is 4.65. The molecule has 0 aromatic carbocycles. The summed E-state index contributed by atoms with van der Waals surface area (Å²) in [6.45, 7) is 8.00. The number of ketones is 1. The predicted octanol–water partition coefficient (Wildman–Crippen LogP) is 3.35. The molecule has 1 nitrogen and oxygen atoms in total. The largest absolute Gasteiger partial charge is 0.300 e. The molecule has 0 spiro atoms. The van der Waals surface area contributed by atoms with Crippen LogP contribution >= 0.6 is 0 Å². The van der Waals surface area contributed by atoms with Crippen LogP contribution in [0.4, 0.5) is 0 Å². The zero-order valence-electron chi connectivity index (χ0n) is 8.68. The van der Waals surface area contributed by atoms with Crippen LogP contribution in [0.15, 0.2) is 12.2 Å². The summed E-state index contributed by atoms with van der Waals surface area (Å²) in [5.41, 5.74) is 0.0427. The van der Waals surface area contributed by atoms with Crippen LogP contribution in [0.25, 0.3) is 0 Å². The maximum Gasteiger partial charge on any atom is 0.130 e. The molecule has 0 aromatic rings. The van der Waals surface area contributed by atoms with Crippen molar-refractivity contribution < 1.29 is 4.79 Å². The van der Waals surface area contributed by atoms with Gasteiger partial charge in [0.2, 0.25) is 0 Å². The SMILES string of the molecule is CCCC=CC(C)(C)CC(C)=O. The van der Waals surface area contributed by atoms with E-state index in [0.29, 0.717) is 6.42 Å². The number of allylic oxidation sites excluding steroid dienone is 2. The fourth-order valence-electron chi connectivity index (χ4n) is 1.27. The molecular weight excluding hydrogens is 148 g/mol. The molecule has 0 bridgehead atoms. The van der Waals surface area contributed by atoms with Crippen molar-refractivity contribution in [3.8, 4) is 0 Å². The van der Waals surface area contributed by atoms with Crippen molar-refractivity contribution >= 4 is 5.78 Å². The topological polar surface area (TPSA) is 17.1 Å². The number of hydrogen-bond donors (Lipinski definition) is 0. The standard InChI is InChI=1S/C11H20O/c1-5-6-7-8-11(3,4)9-10(2)12/h7-8H,5-6,9H2,1-4H3. The highest BCUT2D eigenvalue weighted by atomic mass is 16.1. The summed E-state index contributed by atoms with van der Waals surface area (Å²) in [4.78, 5) is 10.9. The Morgan fingerprint density at radius 1 is 1.42 bits per heavy atom. The molecule has 0 heterocycles. The quantitative estimate of drug-likeness (QED) is 0.575. The van der Waals surface area contributed by atoms with E-state index in [9.17, 15) is 4.79 Å². The summed E-state index contributed by atoms with van der Waals surface area (Å²) in [5.74, 6) is 0.265. The minimum atomic E-state index is 0.0427. The van der Waals surface area contributed by atoms with Gasteiger partial charge in [-0.05, 0) is 18.8 Å². The van der Waals surface area contributed by atoms with E-state index in [1.54, 1.807) is 6.92 Å². The summed E-state index contributed by atoms with van der Waals surface area (Å²) in [6, 6.07) is 0. The minimum absolute atomic E-state index is 0.0427. The van der Waals surface area contributed by atoms with Crippen LogP contribution in [0.3, 0.4) is 0 Å². The molecule has 0 radical (unpaired) electrons. The number of hydrogen-bond acceptors (Lipinski definition) is 1. The zero-order chi connectivity index (χ0) is 9.61. The fourth-order valence-corrected chi connectivity index (χ4v) is 1.27. The van der Waals surface area contributed by atoms with E-state index >= 15 is 0 Å². The van der Waals surface area contributed by atoms with Gasteiger partial charge in [0.1, 0.15) is 5.78 Å². The van der Waals surface area contributed by atoms with Crippen molar-refractivity contribution in [2.75, 3.05) is 0 Å². The summed E-state index contributed by atoms with van der Waals surface area (Å²) in [6.07, 6.45) is 7.25. The Balaban J connectivity index is 3.93. The van der Waals surface area contributed by atoms with E-state index in [4.69, 9.17) is 0 Å². The molecule has 0 amide bonds. The van der Waals surface area contributed by atoms with Gasteiger partial charge in [0.05, 0.1) is 0 Å². The molecule has 0 unspecified atom stereocenters. The monoisotopic (exact) mass is 168 g/mol. The molecule has 0 aromatic heterocycles. The van der Waals surface area contributed by atoms with E-state index in [1.165, 1.54) is 6.42 Å². The van der Waals surface area contributed by atoms with Gasteiger partial charge in [0.25, 0.3) is 0 Å². The van der Waals surface area contributed by atoms with Crippen molar-refractivity contribution in [1.29, 1.82) is 0 Å². The Hall–Kier alpha value is -0.590. The molecule has 0 aliphatic rings. The number of Topliss-reactive ketones (excluding diaryl/α,β-unsaturated/α-hetero) is 1. The second-order valence-corrected chi connectivity index (χ2v) is 4.06. The van der Waals surface area contributed by atoms with Gasteiger partial charge < -0.3 is 0 Å². The summed E-state index contributed by atoms with van der Waals surface area (Å²) in [7, 11) is 0. The highest BCUT2D eigenvalue weighted by Gasteiger charge is 2.15. The molecular formula is C11H20O. The Bertz CT molecular complexity index is 166. The summed E-state index contributed by atoms with van der Waals surface area (Å²) in [5, 5.41) is 0. The molecule has 0 aliphatic carbocycles. The summed E-state index contributed by atoms with van der Waals surface area (Å²) < 4.78 is 0. The fraction of sp³-hybridized carbons (Fsp3) is 0.727. The summed E-state index contributed by atoms with van der Waals surface area (Å²) >= 11 is 0. The Kier molecular flexibility index (Phi) is 4.87. The van der Waals surface area contributed by atoms with E-state index in [-0.39, 0.29) is 11.2 Å². The number of carbonyl (C=O) groups excluding carboxylic acids is 1. The molecule has 0 aliphatic heterocycles. The van der Waals surface area contributed by atoms with Crippen molar-refractivity contribution in [3.05, 3.63) is 12.2 Å². The lowest BCUT2D eigenvalue weighted by Crippen LogP contribution is -2.11. The van der Waals surface area contributed by atoms with Crippen molar-refractivity contribution in [2.24, 2.45) is 5.41 Å². The maximum absolute atomic E-state index is 10.9. The highest BCUT2D eigenvalue weighted by Crippen LogP contribution is 2.22. The second kappa shape index (κ2) is 5.13. The minimum Gasteiger partial charge on any atom is -0.300 e. The van der Waals surface area contributed by atoms with Gasteiger partial charge in [-0.1, -0.05) is 39.3 Å². The Morgan fingerprint density at radius 2 is 2.00 bits per heavy atom. The molecule has 70 valence electrons. The van der Waals surface area contributed by atoms with Crippen LogP contribution in [0.5, 0.6) is 0 Å². The zero-order valence-corrected chi connectivity index (χ0v) is 8.68. The van der Waals surface area contributed by atoms with Crippen LogP contribution in [0, 0.1) is 5.41 Å². The van der Waals surface area contributed by atoms with Crippen LogP contribution in [0.2, 0.25) is 0 Å². The lowest BCUT2D eigenvalue weighted by Gasteiger charge is -2.17.